The Balaban J connectivity index is 1.60. The molecule has 2 aliphatic heterocycles. The van der Waals surface area contributed by atoms with E-state index in [0.717, 1.165) is 0 Å². The first-order valence-electron chi connectivity index (χ1n) is 6.27. The second kappa shape index (κ2) is 3.88. The number of carbonyl (C=O) groups excluding carboxylic acids is 2. The summed E-state index contributed by atoms with van der Waals surface area (Å²) in [5, 5.41) is 0.594. The largest absolute Gasteiger partial charge is 0.343 e. The molecule has 0 N–H and O–H groups in total. The Morgan fingerprint density at radius 1 is 1.26 bits per heavy atom. The second-order valence-corrected chi connectivity index (χ2v) is 5.68. The van der Waals surface area contributed by atoms with Crippen LogP contribution < -0.4 is 0 Å². The Bertz CT molecular complexity index is 567. The molecule has 1 saturated carbocycles. The number of halogens is 1. The Hall–Kier alpha value is -1.23. The van der Waals surface area contributed by atoms with Crippen molar-refractivity contribution in [1.82, 2.24) is 0 Å². The zero-order valence-corrected chi connectivity index (χ0v) is 10.7. The molecule has 0 amide bonds. The maximum absolute atomic E-state index is 12.4. The monoisotopic (exact) mass is 278 g/mol. The van der Waals surface area contributed by atoms with Crippen molar-refractivity contribution in [3.63, 3.8) is 0 Å². The first-order chi connectivity index (χ1) is 9.16. The number of benzene rings is 1. The summed E-state index contributed by atoms with van der Waals surface area (Å²) in [5.41, 5.74) is 0.605. The van der Waals surface area contributed by atoms with Crippen molar-refractivity contribution in [2.75, 3.05) is 6.61 Å². The van der Waals surface area contributed by atoms with E-state index in [1.54, 1.807) is 24.3 Å². The van der Waals surface area contributed by atoms with Crippen LogP contribution in [0.3, 0.4) is 0 Å². The van der Waals surface area contributed by atoms with E-state index in [4.69, 9.17) is 21.1 Å². The van der Waals surface area contributed by atoms with Gasteiger partial charge in [-0.1, -0.05) is 11.6 Å². The molecule has 2 saturated heterocycles. The predicted molar refractivity (Wildman–Crippen MR) is 65.9 cm³/mol. The van der Waals surface area contributed by atoms with Gasteiger partial charge in [-0.05, 0) is 24.3 Å². The lowest BCUT2D eigenvalue weighted by Gasteiger charge is -2.14. The first-order valence-corrected chi connectivity index (χ1v) is 6.65. The minimum Gasteiger partial charge on any atom is -0.343 e. The summed E-state index contributed by atoms with van der Waals surface area (Å²) in [4.78, 5) is 24.4. The van der Waals surface area contributed by atoms with E-state index in [9.17, 15) is 9.59 Å². The van der Waals surface area contributed by atoms with Crippen LogP contribution >= 0.6 is 11.6 Å². The van der Waals surface area contributed by atoms with E-state index in [2.05, 4.69) is 0 Å². The van der Waals surface area contributed by atoms with Crippen molar-refractivity contribution in [3.05, 3.63) is 34.9 Å². The molecule has 2 bridgehead atoms. The van der Waals surface area contributed by atoms with Crippen LogP contribution in [-0.4, -0.2) is 30.6 Å². The molecule has 1 aromatic carbocycles. The molecular weight excluding hydrogens is 268 g/mol. The fourth-order valence-corrected chi connectivity index (χ4v) is 3.36. The van der Waals surface area contributed by atoms with Gasteiger partial charge < -0.3 is 9.47 Å². The molecule has 5 unspecified atom stereocenters. The molecule has 0 spiro atoms. The van der Waals surface area contributed by atoms with Crippen molar-refractivity contribution in [2.24, 2.45) is 17.8 Å². The van der Waals surface area contributed by atoms with Crippen molar-refractivity contribution < 1.29 is 19.1 Å². The topological polar surface area (TPSA) is 52.6 Å². The van der Waals surface area contributed by atoms with E-state index >= 15 is 0 Å². The van der Waals surface area contributed by atoms with Gasteiger partial charge in [-0.3, -0.25) is 9.59 Å². The molecule has 5 heteroatoms. The zero-order chi connectivity index (χ0) is 13.1. The van der Waals surface area contributed by atoms with Gasteiger partial charge in [0.2, 0.25) is 6.29 Å². The SMILES string of the molecule is O=C(c1ccc(Cl)cc1)C1C2C(=O)C3OCC(O3)C12. The van der Waals surface area contributed by atoms with Gasteiger partial charge >= 0.3 is 0 Å². The fraction of sp³-hybridized carbons (Fsp3) is 0.429. The molecule has 19 heavy (non-hydrogen) atoms. The van der Waals surface area contributed by atoms with Gasteiger partial charge in [-0.2, -0.15) is 0 Å². The molecule has 4 rings (SSSR count). The Kier molecular flexibility index (Phi) is 2.37. The number of fused-ring (bicyclic) bond motifs is 4. The third kappa shape index (κ3) is 1.60. The van der Waals surface area contributed by atoms with Crippen LogP contribution in [-0.2, 0) is 14.3 Å². The molecule has 98 valence electrons. The molecule has 4 nitrogen and oxygen atoms in total. The number of rotatable bonds is 2. The lowest BCUT2D eigenvalue weighted by atomic mass is 10.0. The molecule has 5 atom stereocenters. The maximum Gasteiger partial charge on any atom is 0.218 e. The van der Waals surface area contributed by atoms with E-state index in [1.807, 2.05) is 0 Å². The van der Waals surface area contributed by atoms with Crippen LogP contribution in [0.1, 0.15) is 10.4 Å². The van der Waals surface area contributed by atoms with E-state index in [-0.39, 0.29) is 35.4 Å². The van der Waals surface area contributed by atoms with Gasteiger partial charge in [0.15, 0.2) is 11.6 Å². The summed E-state index contributed by atoms with van der Waals surface area (Å²) in [6.07, 6.45) is -0.844. The first kappa shape index (κ1) is 11.6. The highest BCUT2D eigenvalue weighted by Crippen LogP contribution is 2.57. The molecular formula is C14H11ClO4. The summed E-state index contributed by atoms with van der Waals surface area (Å²) in [6.45, 7) is 0.419. The van der Waals surface area contributed by atoms with Gasteiger partial charge in [0.25, 0.3) is 0 Å². The summed E-state index contributed by atoms with van der Waals surface area (Å²) in [7, 11) is 0. The Morgan fingerprint density at radius 2 is 2.00 bits per heavy atom. The molecule has 1 aliphatic carbocycles. The van der Waals surface area contributed by atoms with Crippen molar-refractivity contribution in [3.8, 4) is 0 Å². The highest BCUT2D eigenvalue weighted by molar-refractivity contribution is 6.30. The lowest BCUT2D eigenvalue weighted by molar-refractivity contribution is -0.153. The predicted octanol–water partition coefficient (Wildman–Crippen LogP) is 1.71. The Morgan fingerprint density at radius 3 is 2.74 bits per heavy atom. The van der Waals surface area contributed by atoms with E-state index in [1.165, 1.54) is 0 Å². The van der Waals surface area contributed by atoms with E-state index < -0.39 is 6.29 Å². The minimum atomic E-state index is -0.741. The summed E-state index contributed by atoms with van der Waals surface area (Å²) >= 11 is 5.81. The smallest absolute Gasteiger partial charge is 0.218 e. The highest BCUT2D eigenvalue weighted by Gasteiger charge is 2.68. The highest BCUT2D eigenvalue weighted by atomic mass is 35.5. The van der Waals surface area contributed by atoms with Gasteiger partial charge in [0.1, 0.15) is 0 Å². The molecule has 3 fully saturated rings. The number of hydrogen-bond donors (Lipinski definition) is 0. The van der Waals surface area contributed by atoms with Crippen LogP contribution in [0.15, 0.2) is 24.3 Å². The molecule has 0 radical (unpaired) electrons. The molecule has 1 aromatic rings. The van der Waals surface area contributed by atoms with Crippen molar-refractivity contribution in [1.29, 1.82) is 0 Å². The van der Waals surface area contributed by atoms with Crippen molar-refractivity contribution in [2.45, 2.75) is 12.4 Å². The summed E-state index contributed by atoms with van der Waals surface area (Å²) < 4.78 is 10.7. The summed E-state index contributed by atoms with van der Waals surface area (Å²) in [6, 6.07) is 6.78. The minimum absolute atomic E-state index is 0.00516. The number of ether oxygens (including phenoxy) is 2. The number of hydrogen-bond acceptors (Lipinski definition) is 4. The third-order valence-electron chi connectivity index (χ3n) is 4.21. The van der Waals surface area contributed by atoms with Gasteiger partial charge in [0.05, 0.1) is 12.7 Å². The molecule has 2 heterocycles. The van der Waals surface area contributed by atoms with Crippen LogP contribution in [0.5, 0.6) is 0 Å². The second-order valence-electron chi connectivity index (χ2n) is 5.24. The normalized spacial score (nSPS) is 39.0. The fourth-order valence-electron chi connectivity index (χ4n) is 3.24. The average Bonchev–Trinajstić information content (AvgIpc) is 3.02. The summed E-state index contributed by atoms with van der Waals surface area (Å²) in [5.74, 6) is -0.529. The van der Waals surface area contributed by atoms with Crippen LogP contribution in [0, 0.1) is 17.8 Å². The molecule has 3 aliphatic rings. The van der Waals surface area contributed by atoms with Crippen molar-refractivity contribution >= 4 is 23.2 Å². The maximum atomic E-state index is 12.4. The van der Waals surface area contributed by atoms with Gasteiger partial charge in [-0.15, -0.1) is 0 Å². The lowest BCUT2D eigenvalue weighted by Crippen LogP contribution is -2.30. The number of Topliss-reactive ketones (excluding diaryl/α,β-unsaturated/α-hetero) is 2. The average molecular weight is 279 g/mol. The number of ketones is 2. The Labute approximate surface area is 114 Å². The van der Waals surface area contributed by atoms with Gasteiger partial charge in [0, 0.05) is 28.3 Å². The molecule has 0 aromatic heterocycles. The standard InChI is InChI=1S/C14H11ClO4/c15-7-3-1-6(2-4-7)12(16)10-9-8-5-18-14(19-8)13(17)11(9)10/h1-4,8-11,14H,5H2. The van der Waals surface area contributed by atoms with Crippen LogP contribution in [0.4, 0.5) is 0 Å². The number of carbonyl (C=O) groups is 2. The quantitative estimate of drug-likeness (QED) is 0.773. The third-order valence-corrected chi connectivity index (χ3v) is 4.46. The van der Waals surface area contributed by atoms with E-state index in [0.29, 0.717) is 17.2 Å². The van der Waals surface area contributed by atoms with Crippen LogP contribution in [0.2, 0.25) is 5.02 Å². The zero-order valence-electron chi connectivity index (χ0n) is 9.91. The van der Waals surface area contributed by atoms with Gasteiger partial charge in [-0.25, -0.2) is 0 Å². The van der Waals surface area contributed by atoms with Crippen LogP contribution in [0.25, 0.3) is 0 Å².